The SMILES string of the molecule is COCCOc1cc(F)cc(F)c1-c1c(-c2cc3n(n2)[C@@H](C)CN(C(=O)OC(C)(C)C)[C@@H]3C)nc(-c2ccc3c(c2)nc(C)n3C)c2c1[C@@H](O)CC2. The van der Waals surface area contributed by atoms with Crippen molar-refractivity contribution in [3.63, 3.8) is 0 Å². The molecule has 1 amide bonds. The highest BCUT2D eigenvalue weighted by Gasteiger charge is 2.38. The number of hydrogen-bond acceptors (Lipinski definition) is 8. The maximum atomic E-state index is 16.3. The van der Waals surface area contributed by atoms with Crippen LogP contribution in [0.4, 0.5) is 13.6 Å². The average molecular weight is 715 g/mol. The molecule has 1 aliphatic heterocycles. The van der Waals surface area contributed by atoms with Crippen LogP contribution in [0.25, 0.3) is 44.8 Å². The summed E-state index contributed by atoms with van der Waals surface area (Å²) in [5, 5.41) is 16.7. The Morgan fingerprint density at radius 2 is 1.81 bits per heavy atom. The van der Waals surface area contributed by atoms with Gasteiger partial charge in [-0.15, -0.1) is 0 Å². The summed E-state index contributed by atoms with van der Waals surface area (Å²) in [6.07, 6.45) is -0.548. The second kappa shape index (κ2) is 13.3. The Morgan fingerprint density at radius 1 is 1.04 bits per heavy atom. The summed E-state index contributed by atoms with van der Waals surface area (Å²) in [5.41, 5.74) is 5.39. The number of rotatable bonds is 7. The number of carbonyl (C=O) groups excluding carboxylic acids is 1. The standard InChI is InChI=1S/C39H44F2N6O5/c1-20-19-46(38(49)52-39(4,5)6)21(2)30-18-28(44-47(20)30)37-35(34-26(41)16-24(40)17-32(34)51-14-13-50-8)33-25(10-12-31(33)48)36(43-37)23-9-11-29-27(15-23)42-22(3)45(29)7/h9,11,15-18,20-21,31,48H,10,12-14,19H2,1-8H3/t20-,21+,31-/m0/s1. The number of aliphatic hydroxyl groups is 1. The van der Waals surface area contributed by atoms with Crippen LogP contribution in [-0.2, 0) is 22.9 Å². The Kier molecular flexibility index (Phi) is 9.06. The van der Waals surface area contributed by atoms with Crippen LogP contribution in [0.15, 0.2) is 36.4 Å². The fourth-order valence-electron chi connectivity index (χ4n) is 7.40. The molecule has 5 aromatic rings. The van der Waals surface area contributed by atoms with E-state index in [0.29, 0.717) is 42.0 Å². The van der Waals surface area contributed by atoms with Crippen LogP contribution in [0, 0.1) is 18.6 Å². The predicted molar refractivity (Wildman–Crippen MR) is 192 cm³/mol. The van der Waals surface area contributed by atoms with E-state index in [1.54, 1.807) is 4.90 Å². The van der Waals surface area contributed by atoms with Gasteiger partial charge in [-0.3, -0.25) is 9.58 Å². The van der Waals surface area contributed by atoms with Crippen LogP contribution in [0.1, 0.15) is 81.9 Å². The van der Waals surface area contributed by atoms with E-state index in [2.05, 4.69) is 0 Å². The molecule has 3 aromatic heterocycles. The number of amides is 1. The van der Waals surface area contributed by atoms with Gasteiger partial charge in [0.2, 0.25) is 0 Å². The van der Waals surface area contributed by atoms with Crippen LogP contribution in [0.2, 0.25) is 0 Å². The van der Waals surface area contributed by atoms with Gasteiger partial charge in [0.15, 0.2) is 0 Å². The van der Waals surface area contributed by atoms with Crippen LogP contribution in [0.5, 0.6) is 5.75 Å². The van der Waals surface area contributed by atoms with Gasteiger partial charge < -0.3 is 23.9 Å². The van der Waals surface area contributed by atoms with Crippen molar-refractivity contribution in [1.82, 2.24) is 29.2 Å². The van der Waals surface area contributed by atoms with E-state index >= 15 is 4.39 Å². The molecule has 0 saturated carbocycles. The third kappa shape index (κ3) is 6.19. The summed E-state index contributed by atoms with van der Waals surface area (Å²) in [7, 11) is 3.47. The number of halogens is 2. The number of fused-ring (bicyclic) bond motifs is 3. The van der Waals surface area contributed by atoms with Gasteiger partial charge in [-0.2, -0.15) is 5.10 Å². The second-order valence-electron chi connectivity index (χ2n) is 14.7. The molecule has 7 rings (SSSR count). The summed E-state index contributed by atoms with van der Waals surface area (Å²) >= 11 is 0. The number of aromatic nitrogens is 5. The molecule has 0 bridgehead atoms. The molecular weight excluding hydrogens is 670 g/mol. The molecule has 0 spiro atoms. The number of pyridine rings is 1. The molecular formula is C39H44F2N6O5. The van der Waals surface area contributed by atoms with E-state index in [-0.39, 0.29) is 36.1 Å². The molecule has 13 heteroatoms. The largest absolute Gasteiger partial charge is 0.490 e. The number of imidazole rings is 1. The maximum Gasteiger partial charge on any atom is 0.410 e. The van der Waals surface area contributed by atoms with Gasteiger partial charge in [-0.25, -0.2) is 23.5 Å². The third-order valence-corrected chi connectivity index (χ3v) is 9.94. The highest BCUT2D eigenvalue weighted by molar-refractivity contribution is 5.91. The van der Waals surface area contributed by atoms with Crippen molar-refractivity contribution in [2.75, 3.05) is 26.9 Å². The number of methoxy groups -OCH3 is 1. The van der Waals surface area contributed by atoms with Crippen molar-refractivity contribution in [2.45, 2.75) is 78.2 Å². The molecule has 52 heavy (non-hydrogen) atoms. The van der Waals surface area contributed by atoms with Crippen LogP contribution < -0.4 is 4.74 Å². The van der Waals surface area contributed by atoms with Crippen molar-refractivity contribution < 1.29 is 32.9 Å². The van der Waals surface area contributed by atoms with E-state index < -0.39 is 35.5 Å². The number of carbonyl (C=O) groups is 1. The normalized spacial score (nSPS) is 18.5. The summed E-state index contributed by atoms with van der Waals surface area (Å²) in [5.74, 6) is -0.856. The summed E-state index contributed by atoms with van der Waals surface area (Å²) in [4.78, 5) is 25.0. The minimum absolute atomic E-state index is 0.0259. The van der Waals surface area contributed by atoms with Gasteiger partial charge >= 0.3 is 6.09 Å². The number of aliphatic hydroxyl groups excluding tert-OH is 1. The van der Waals surface area contributed by atoms with Crippen molar-refractivity contribution >= 4 is 17.1 Å². The first-order valence-electron chi connectivity index (χ1n) is 17.6. The van der Waals surface area contributed by atoms with Crippen molar-refractivity contribution in [2.24, 2.45) is 7.05 Å². The highest BCUT2D eigenvalue weighted by atomic mass is 19.1. The van der Waals surface area contributed by atoms with E-state index in [0.717, 1.165) is 45.8 Å². The predicted octanol–water partition coefficient (Wildman–Crippen LogP) is 7.63. The number of benzene rings is 2. The maximum absolute atomic E-state index is 16.3. The molecule has 0 fully saturated rings. The zero-order valence-corrected chi connectivity index (χ0v) is 30.8. The van der Waals surface area contributed by atoms with Gasteiger partial charge in [0.1, 0.15) is 41.1 Å². The summed E-state index contributed by atoms with van der Waals surface area (Å²) in [6.45, 7) is 11.9. The van der Waals surface area contributed by atoms with Gasteiger partial charge in [-0.1, -0.05) is 6.07 Å². The Bertz CT molecular complexity index is 2210. The van der Waals surface area contributed by atoms with Crippen LogP contribution in [0.3, 0.4) is 0 Å². The summed E-state index contributed by atoms with van der Waals surface area (Å²) in [6, 6.07) is 9.07. The molecule has 0 saturated heterocycles. The topological polar surface area (TPSA) is 117 Å². The first-order chi connectivity index (χ1) is 24.7. The monoisotopic (exact) mass is 714 g/mol. The number of hydrogen-bond donors (Lipinski definition) is 1. The Balaban J connectivity index is 1.48. The Hall–Kier alpha value is -4.88. The van der Waals surface area contributed by atoms with Gasteiger partial charge in [0, 0.05) is 44.0 Å². The van der Waals surface area contributed by atoms with E-state index in [1.165, 1.54) is 7.11 Å². The number of aryl methyl sites for hydroxylation is 2. The van der Waals surface area contributed by atoms with Gasteiger partial charge in [0.05, 0.1) is 58.5 Å². The molecule has 4 heterocycles. The number of ether oxygens (including phenoxy) is 3. The Labute approximate surface area is 301 Å². The minimum Gasteiger partial charge on any atom is -0.490 e. The van der Waals surface area contributed by atoms with Crippen molar-refractivity contribution in [3.05, 3.63) is 70.7 Å². The van der Waals surface area contributed by atoms with Crippen LogP contribution >= 0.6 is 0 Å². The zero-order chi connectivity index (χ0) is 37.2. The first-order valence-corrected chi connectivity index (χ1v) is 17.6. The van der Waals surface area contributed by atoms with Crippen LogP contribution in [-0.4, -0.2) is 72.9 Å². The lowest BCUT2D eigenvalue weighted by atomic mass is 9.90. The second-order valence-corrected chi connectivity index (χ2v) is 14.7. The Morgan fingerprint density at radius 3 is 2.54 bits per heavy atom. The molecule has 11 nitrogen and oxygen atoms in total. The fourth-order valence-corrected chi connectivity index (χ4v) is 7.40. The summed E-state index contributed by atoms with van der Waals surface area (Å²) < 4.78 is 51.8. The molecule has 2 aromatic carbocycles. The lowest BCUT2D eigenvalue weighted by molar-refractivity contribution is 0.00864. The minimum atomic E-state index is -0.972. The lowest BCUT2D eigenvalue weighted by Crippen LogP contribution is -2.45. The van der Waals surface area contributed by atoms with Gasteiger partial charge in [-0.05, 0) is 83.7 Å². The van der Waals surface area contributed by atoms with E-state index in [4.69, 9.17) is 29.3 Å². The van der Waals surface area contributed by atoms with Crippen molar-refractivity contribution in [3.8, 4) is 39.5 Å². The molecule has 274 valence electrons. The van der Waals surface area contributed by atoms with Gasteiger partial charge in [0.25, 0.3) is 0 Å². The smallest absolute Gasteiger partial charge is 0.410 e. The number of nitrogens with zero attached hydrogens (tertiary/aromatic N) is 6. The average Bonchev–Trinajstić information content (AvgIpc) is 3.77. The molecule has 1 aliphatic carbocycles. The molecule has 0 radical (unpaired) electrons. The van der Waals surface area contributed by atoms with E-state index in [9.17, 15) is 14.3 Å². The zero-order valence-electron chi connectivity index (χ0n) is 30.8. The quantitative estimate of drug-likeness (QED) is 0.171. The third-order valence-electron chi connectivity index (χ3n) is 9.94. The molecule has 1 N–H and O–H groups in total. The fraction of sp³-hybridized carbons (Fsp3) is 0.436. The van der Waals surface area contributed by atoms with Crippen molar-refractivity contribution in [1.29, 1.82) is 0 Å². The highest BCUT2D eigenvalue weighted by Crippen LogP contribution is 2.50. The molecule has 3 atom stereocenters. The molecule has 0 unspecified atom stereocenters. The van der Waals surface area contributed by atoms with E-state index in [1.807, 2.05) is 82.1 Å². The lowest BCUT2D eigenvalue weighted by Gasteiger charge is -2.38. The first kappa shape index (κ1) is 35.5. The molecule has 2 aliphatic rings.